The summed E-state index contributed by atoms with van der Waals surface area (Å²) in [5.74, 6) is 0. The molecule has 1 unspecified atom stereocenters. The van der Waals surface area contributed by atoms with E-state index in [-0.39, 0.29) is 18.4 Å². The molecule has 0 aliphatic carbocycles. The highest BCUT2D eigenvalue weighted by atomic mass is 79.9. The summed E-state index contributed by atoms with van der Waals surface area (Å²) < 4.78 is 27.8. The van der Waals surface area contributed by atoms with Gasteiger partial charge in [-0.25, -0.2) is 8.42 Å². The standard InChI is InChI=1S/C13H20BrN3O2S.ClH/c1-16(2)10-5-6-12(14)13(8-10)20(18,19)17-7-3-4-11(17)9-15;/h5-6,8,11H,3-4,7,9,15H2,1-2H3;1H. The molecule has 8 heteroatoms. The maximum Gasteiger partial charge on any atom is 0.244 e. The first-order valence-corrected chi connectivity index (χ1v) is 8.80. The summed E-state index contributed by atoms with van der Waals surface area (Å²) in [5, 5.41) is 0. The van der Waals surface area contributed by atoms with Crippen molar-refractivity contribution in [1.29, 1.82) is 0 Å². The molecule has 0 aromatic heterocycles. The molecule has 1 heterocycles. The fraction of sp³-hybridized carbons (Fsp3) is 0.538. The molecule has 0 saturated carbocycles. The molecule has 1 atom stereocenters. The topological polar surface area (TPSA) is 66.6 Å². The molecule has 2 rings (SSSR count). The van der Waals surface area contributed by atoms with Gasteiger partial charge in [0.15, 0.2) is 0 Å². The van der Waals surface area contributed by atoms with Crippen LogP contribution in [0.2, 0.25) is 0 Å². The average Bonchev–Trinajstić information content (AvgIpc) is 2.87. The van der Waals surface area contributed by atoms with Crippen molar-refractivity contribution in [2.24, 2.45) is 5.73 Å². The van der Waals surface area contributed by atoms with Crippen LogP contribution in [0.4, 0.5) is 5.69 Å². The molecule has 0 radical (unpaired) electrons. The zero-order valence-electron chi connectivity index (χ0n) is 12.1. The lowest BCUT2D eigenvalue weighted by Crippen LogP contribution is -2.40. The molecule has 120 valence electrons. The molecule has 1 saturated heterocycles. The van der Waals surface area contributed by atoms with Crippen molar-refractivity contribution in [3.05, 3.63) is 22.7 Å². The molecule has 0 amide bonds. The van der Waals surface area contributed by atoms with Gasteiger partial charge >= 0.3 is 0 Å². The summed E-state index contributed by atoms with van der Waals surface area (Å²) >= 11 is 3.35. The van der Waals surface area contributed by atoms with Crippen molar-refractivity contribution in [2.75, 3.05) is 32.1 Å². The number of benzene rings is 1. The molecular weight excluding hydrogens is 378 g/mol. The second-order valence-corrected chi connectivity index (χ2v) is 7.87. The lowest BCUT2D eigenvalue weighted by Gasteiger charge is -2.24. The molecule has 1 fully saturated rings. The van der Waals surface area contributed by atoms with E-state index in [0.29, 0.717) is 22.5 Å². The Morgan fingerprint density at radius 3 is 2.67 bits per heavy atom. The van der Waals surface area contributed by atoms with Crippen molar-refractivity contribution >= 4 is 44.0 Å². The quantitative estimate of drug-likeness (QED) is 0.843. The van der Waals surface area contributed by atoms with E-state index in [2.05, 4.69) is 15.9 Å². The van der Waals surface area contributed by atoms with Crippen molar-refractivity contribution in [3.8, 4) is 0 Å². The Morgan fingerprint density at radius 2 is 2.10 bits per heavy atom. The first-order valence-electron chi connectivity index (χ1n) is 6.56. The van der Waals surface area contributed by atoms with E-state index >= 15 is 0 Å². The number of nitrogens with zero attached hydrogens (tertiary/aromatic N) is 2. The minimum atomic E-state index is -3.51. The number of sulfonamides is 1. The first kappa shape index (κ1) is 18.7. The number of hydrogen-bond acceptors (Lipinski definition) is 4. The van der Waals surface area contributed by atoms with E-state index < -0.39 is 10.0 Å². The largest absolute Gasteiger partial charge is 0.378 e. The van der Waals surface area contributed by atoms with Gasteiger partial charge in [-0.2, -0.15) is 4.31 Å². The Labute approximate surface area is 141 Å². The van der Waals surface area contributed by atoms with Crippen LogP contribution in [-0.4, -0.2) is 45.9 Å². The van der Waals surface area contributed by atoms with Crippen molar-refractivity contribution in [1.82, 2.24) is 4.31 Å². The lowest BCUT2D eigenvalue weighted by molar-refractivity contribution is 0.393. The molecule has 1 aliphatic rings. The summed E-state index contributed by atoms with van der Waals surface area (Å²) in [6.45, 7) is 0.910. The van der Waals surface area contributed by atoms with E-state index in [9.17, 15) is 8.42 Å². The van der Waals surface area contributed by atoms with Gasteiger partial charge in [-0.1, -0.05) is 0 Å². The van der Waals surface area contributed by atoms with Gasteiger partial charge in [0, 0.05) is 43.4 Å². The van der Waals surface area contributed by atoms with E-state index in [0.717, 1.165) is 18.5 Å². The molecule has 0 bridgehead atoms. The van der Waals surface area contributed by atoms with Gasteiger partial charge in [-0.05, 0) is 47.0 Å². The summed E-state index contributed by atoms with van der Waals surface area (Å²) in [6.07, 6.45) is 1.70. The van der Waals surface area contributed by atoms with Crippen LogP contribution in [0.1, 0.15) is 12.8 Å². The first-order chi connectivity index (χ1) is 9.37. The highest BCUT2D eigenvalue weighted by Gasteiger charge is 2.35. The van der Waals surface area contributed by atoms with Crippen molar-refractivity contribution < 1.29 is 8.42 Å². The van der Waals surface area contributed by atoms with E-state index in [1.807, 2.05) is 25.1 Å². The zero-order valence-corrected chi connectivity index (χ0v) is 15.3. The van der Waals surface area contributed by atoms with Crippen LogP contribution in [0.3, 0.4) is 0 Å². The van der Waals surface area contributed by atoms with Crippen LogP contribution in [0.25, 0.3) is 0 Å². The number of nitrogens with two attached hydrogens (primary N) is 1. The third-order valence-electron chi connectivity index (χ3n) is 3.61. The van der Waals surface area contributed by atoms with Gasteiger partial charge in [-0.3, -0.25) is 0 Å². The third-order valence-corrected chi connectivity index (χ3v) is 6.56. The highest BCUT2D eigenvalue weighted by molar-refractivity contribution is 9.10. The molecule has 1 aromatic carbocycles. The summed E-state index contributed by atoms with van der Waals surface area (Å²) in [4.78, 5) is 2.19. The minimum absolute atomic E-state index is 0. The maximum atomic E-state index is 12.8. The smallest absolute Gasteiger partial charge is 0.244 e. The molecular formula is C13H21BrClN3O2S. The number of anilines is 1. The monoisotopic (exact) mass is 397 g/mol. The van der Waals surface area contributed by atoms with Crippen molar-refractivity contribution in [3.63, 3.8) is 0 Å². The van der Waals surface area contributed by atoms with Gasteiger partial charge in [0.25, 0.3) is 0 Å². The predicted octanol–water partition coefficient (Wildman–Crippen LogP) is 2.05. The number of rotatable bonds is 4. The van der Waals surface area contributed by atoms with Gasteiger partial charge in [0.1, 0.15) is 0 Å². The van der Waals surface area contributed by atoms with Gasteiger partial charge in [-0.15, -0.1) is 12.4 Å². The van der Waals surface area contributed by atoms with Gasteiger partial charge < -0.3 is 10.6 Å². The number of hydrogen-bond donors (Lipinski definition) is 1. The number of halogens is 2. The minimum Gasteiger partial charge on any atom is -0.378 e. The van der Waals surface area contributed by atoms with E-state index in [4.69, 9.17) is 5.73 Å². The van der Waals surface area contributed by atoms with Crippen LogP contribution < -0.4 is 10.6 Å². The maximum absolute atomic E-state index is 12.8. The van der Waals surface area contributed by atoms with Crippen LogP contribution in [0.15, 0.2) is 27.6 Å². The second kappa shape index (κ2) is 7.28. The van der Waals surface area contributed by atoms with Crippen LogP contribution in [-0.2, 0) is 10.0 Å². The zero-order chi connectivity index (χ0) is 14.9. The Bertz CT molecular complexity index is 595. The van der Waals surface area contributed by atoms with E-state index in [1.165, 1.54) is 4.31 Å². The Morgan fingerprint density at radius 1 is 1.43 bits per heavy atom. The average molecular weight is 399 g/mol. The molecule has 2 N–H and O–H groups in total. The summed E-state index contributed by atoms with van der Waals surface area (Å²) in [5.41, 5.74) is 6.55. The Kier molecular flexibility index (Phi) is 6.49. The molecule has 1 aliphatic heterocycles. The fourth-order valence-corrected chi connectivity index (χ4v) is 5.11. The van der Waals surface area contributed by atoms with Gasteiger partial charge in [0.2, 0.25) is 10.0 Å². The van der Waals surface area contributed by atoms with Crippen molar-refractivity contribution in [2.45, 2.75) is 23.8 Å². The second-order valence-electron chi connectivity index (χ2n) is 5.16. The lowest BCUT2D eigenvalue weighted by atomic mass is 10.2. The molecule has 21 heavy (non-hydrogen) atoms. The summed E-state index contributed by atoms with van der Waals surface area (Å²) in [7, 11) is 0.267. The Balaban J connectivity index is 0.00000220. The highest BCUT2D eigenvalue weighted by Crippen LogP contribution is 2.32. The molecule has 0 spiro atoms. The SMILES string of the molecule is CN(C)c1ccc(Br)c(S(=O)(=O)N2CCCC2CN)c1.Cl. The van der Waals surface area contributed by atoms with E-state index in [1.54, 1.807) is 12.1 Å². The molecule has 5 nitrogen and oxygen atoms in total. The van der Waals surface area contributed by atoms with Gasteiger partial charge in [0.05, 0.1) is 4.90 Å². The molecule has 1 aromatic rings. The van der Waals surface area contributed by atoms with Crippen LogP contribution >= 0.6 is 28.3 Å². The fourth-order valence-electron chi connectivity index (χ4n) is 2.46. The predicted molar refractivity (Wildman–Crippen MR) is 91.7 cm³/mol. The van der Waals surface area contributed by atoms with Crippen LogP contribution in [0.5, 0.6) is 0 Å². The summed E-state index contributed by atoms with van der Waals surface area (Å²) in [6, 6.07) is 5.27. The Hall–Kier alpha value is -0.340. The van der Waals surface area contributed by atoms with Crippen LogP contribution in [0, 0.1) is 0 Å². The normalized spacial score (nSPS) is 19.3. The third kappa shape index (κ3) is 3.71.